The van der Waals surface area contributed by atoms with E-state index in [0.29, 0.717) is 19.5 Å². The molecule has 1 aliphatic rings. The third-order valence-corrected chi connectivity index (χ3v) is 5.18. The molecule has 2 rings (SSSR count). The second-order valence-corrected chi connectivity index (χ2v) is 7.47. The molecule has 140 valence electrons. The van der Waals surface area contributed by atoms with Crippen molar-refractivity contribution in [2.45, 2.75) is 57.5 Å². The fraction of sp³-hybridized carbons (Fsp3) is 0.650. The summed E-state index contributed by atoms with van der Waals surface area (Å²) in [6, 6.07) is 8.07. The molecule has 2 amide bonds. The number of nitrogens with one attached hydrogen (secondary N) is 2. The van der Waals surface area contributed by atoms with Crippen molar-refractivity contribution in [1.82, 2.24) is 10.6 Å². The third-order valence-electron chi connectivity index (χ3n) is 5.18. The Kier molecular flexibility index (Phi) is 7.12. The van der Waals surface area contributed by atoms with Gasteiger partial charge in [-0.1, -0.05) is 31.9 Å². The molecule has 0 aromatic heterocycles. The van der Waals surface area contributed by atoms with Crippen LogP contribution < -0.4 is 15.4 Å². The number of urea groups is 1. The molecule has 0 radical (unpaired) electrons. The van der Waals surface area contributed by atoms with Crippen molar-refractivity contribution in [3.05, 3.63) is 29.8 Å². The van der Waals surface area contributed by atoms with Crippen molar-refractivity contribution in [2.24, 2.45) is 5.92 Å². The van der Waals surface area contributed by atoms with E-state index in [0.717, 1.165) is 18.6 Å². The quantitative estimate of drug-likeness (QED) is 0.675. The first-order chi connectivity index (χ1) is 11.9. The number of hydrogen-bond donors (Lipinski definition) is 3. The summed E-state index contributed by atoms with van der Waals surface area (Å²) in [5.41, 5.74) is 1.24. The van der Waals surface area contributed by atoms with E-state index in [1.807, 2.05) is 19.1 Å². The summed E-state index contributed by atoms with van der Waals surface area (Å²) >= 11 is 0. The van der Waals surface area contributed by atoms with Gasteiger partial charge in [-0.15, -0.1) is 0 Å². The summed E-state index contributed by atoms with van der Waals surface area (Å²) in [4.78, 5) is 12.2. The van der Waals surface area contributed by atoms with Crippen LogP contribution in [0, 0.1) is 5.92 Å². The van der Waals surface area contributed by atoms with Gasteiger partial charge in [-0.2, -0.15) is 0 Å². The number of methoxy groups -OCH3 is 1. The highest BCUT2D eigenvalue weighted by Crippen LogP contribution is 2.41. The van der Waals surface area contributed by atoms with Crippen LogP contribution in [0.1, 0.15) is 51.5 Å². The minimum Gasteiger partial charge on any atom is -0.497 e. The van der Waals surface area contributed by atoms with Crippen molar-refractivity contribution in [3.8, 4) is 5.75 Å². The number of ether oxygens (including phenoxy) is 1. The number of aliphatic hydroxyl groups is 1. The zero-order valence-corrected chi connectivity index (χ0v) is 15.7. The zero-order valence-electron chi connectivity index (χ0n) is 15.7. The standard InChI is InChI=1S/C20H32N2O3/c1-15(11-16(2)23)13-21-19(24)22-14-20(9-4-5-10-20)17-7-6-8-18(12-17)25-3/h6-8,12,15-16,23H,4-5,9-11,13-14H2,1-3H3,(H2,21,22,24). The van der Waals surface area contributed by atoms with Crippen LogP contribution in [0.25, 0.3) is 0 Å². The van der Waals surface area contributed by atoms with Crippen LogP contribution >= 0.6 is 0 Å². The Morgan fingerprint density at radius 3 is 2.64 bits per heavy atom. The van der Waals surface area contributed by atoms with Gasteiger partial charge in [0.1, 0.15) is 5.75 Å². The van der Waals surface area contributed by atoms with E-state index in [-0.39, 0.29) is 23.5 Å². The molecule has 0 spiro atoms. The molecular formula is C20H32N2O3. The van der Waals surface area contributed by atoms with Crippen LogP contribution in [-0.4, -0.2) is 37.4 Å². The average Bonchev–Trinajstić information content (AvgIpc) is 3.08. The Balaban J connectivity index is 1.92. The summed E-state index contributed by atoms with van der Waals surface area (Å²) < 4.78 is 5.36. The van der Waals surface area contributed by atoms with Gasteiger partial charge in [-0.25, -0.2) is 4.79 Å². The summed E-state index contributed by atoms with van der Waals surface area (Å²) in [6.07, 6.45) is 4.89. The van der Waals surface area contributed by atoms with Gasteiger partial charge in [0.05, 0.1) is 13.2 Å². The minimum absolute atomic E-state index is 0.00287. The van der Waals surface area contributed by atoms with Gasteiger partial charge < -0.3 is 20.5 Å². The van der Waals surface area contributed by atoms with Crippen LogP contribution in [0.3, 0.4) is 0 Å². The molecule has 1 fully saturated rings. The number of amides is 2. The molecule has 2 unspecified atom stereocenters. The van der Waals surface area contributed by atoms with Crippen LogP contribution in [0.5, 0.6) is 5.75 Å². The first-order valence-corrected chi connectivity index (χ1v) is 9.29. The molecule has 0 heterocycles. The lowest BCUT2D eigenvalue weighted by molar-refractivity contribution is 0.163. The molecule has 1 aliphatic carbocycles. The molecule has 1 aromatic carbocycles. The maximum atomic E-state index is 12.2. The van der Waals surface area contributed by atoms with E-state index >= 15 is 0 Å². The van der Waals surface area contributed by atoms with Crippen molar-refractivity contribution < 1.29 is 14.6 Å². The zero-order chi connectivity index (χ0) is 18.3. The highest BCUT2D eigenvalue weighted by Gasteiger charge is 2.36. The van der Waals surface area contributed by atoms with E-state index in [4.69, 9.17) is 4.74 Å². The summed E-state index contributed by atoms with van der Waals surface area (Å²) in [7, 11) is 1.68. The number of aliphatic hydroxyl groups excluding tert-OH is 1. The Hall–Kier alpha value is -1.75. The Labute approximate surface area is 151 Å². The van der Waals surface area contributed by atoms with Crippen LogP contribution in [-0.2, 0) is 5.41 Å². The molecule has 3 N–H and O–H groups in total. The van der Waals surface area contributed by atoms with E-state index in [1.165, 1.54) is 18.4 Å². The van der Waals surface area contributed by atoms with Crippen molar-refractivity contribution in [3.63, 3.8) is 0 Å². The van der Waals surface area contributed by atoms with Gasteiger partial charge in [0, 0.05) is 18.5 Å². The predicted octanol–water partition coefficient (Wildman–Crippen LogP) is 3.21. The van der Waals surface area contributed by atoms with Gasteiger partial charge in [-0.3, -0.25) is 0 Å². The molecule has 25 heavy (non-hydrogen) atoms. The second kappa shape index (κ2) is 9.09. The van der Waals surface area contributed by atoms with Gasteiger partial charge in [-0.05, 0) is 49.8 Å². The molecule has 5 heteroatoms. The number of hydrogen-bond acceptors (Lipinski definition) is 3. The fourth-order valence-corrected chi connectivity index (χ4v) is 3.82. The van der Waals surface area contributed by atoms with Crippen molar-refractivity contribution >= 4 is 6.03 Å². The number of benzene rings is 1. The first kappa shape index (κ1) is 19.6. The summed E-state index contributed by atoms with van der Waals surface area (Å²) in [5.74, 6) is 1.12. The Bertz CT molecular complexity index is 554. The number of carbonyl (C=O) groups excluding carboxylic acids is 1. The summed E-state index contributed by atoms with van der Waals surface area (Å²) in [6.45, 7) is 5.01. The summed E-state index contributed by atoms with van der Waals surface area (Å²) in [5, 5.41) is 15.4. The lowest BCUT2D eigenvalue weighted by atomic mass is 9.78. The lowest BCUT2D eigenvalue weighted by Gasteiger charge is -2.30. The van der Waals surface area contributed by atoms with E-state index in [9.17, 15) is 9.90 Å². The van der Waals surface area contributed by atoms with Crippen LogP contribution in [0.4, 0.5) is 4.79 Å². The molecule has 1 saturated carbocycles. The predicted molar refractivity (Wildman–Crippen MR) is 100 cm³/mol. The SMILES string of the molecule is COc1cccc(C2(CNC(=O)NCC(C)CC(C)O)CCCC2)c1. The average molecular weight is 348 g/mol. The Morgan fingerprint density at radius 2 is 2.00 bits per heavy atom. The van der Waals surface area contributed by atoms with Gasteiger partial charge in [0.2, 0.25) is 0 Å². The monoisotopic (exact) mass is 348 g/mol. The Morgan fingerprint density at radius 1 is 1.28 bits per heavy atom. The highest BCUT2D eigenvalue weighted by molar-refractivity contribution is 5.74. The van der Waals surface area contributed by atoms with E-state index in [1.54, 1.807) is 14.0 Å². The minimum atomic E-state index is -0.338. The van der Waals surface area contributed by atoms with Crippen molar-refractivity contribution in [1.29, 1.82) is 0 Å². The normalized spacial score (nSPS) is 18.4. The number of rotatable bonds is 8. The maximum absolute atomic E-state index is 12.2. The van der Waals surface area contributed by atoms with Gasteiger partial charge in [0.15, 0.2) is 0 Å². The lowest BCUT2D eigenvalue weighted by Crippen LogP contribution is -2.44. The number of carbonyl (C=O) groups is 1. The fourth-order valence-electron chi connectivity index (χ4n) is 3.82. The molecule has 2 atom stereocenters. The van der Waals surface area contributed by atoms with Gasteiger partial charge in [0.25, 0.3) is 0 Å². The van der Waals surface area contributed by atoms with Gasteiger partial charge >= 0.3 is 6.03 Å². The second-order valence-electron chi connectivity index (χ2n) is 7.47. The van der Waals surface area contributed by atoms with Crippen molar-refractivity contribution in [2.75, 3.05) is 20.2 Å². The first-order valence-electron chi connectivity index (χ1n) is 9.29. The van der Waals surface area contributed by atoms with Crippen LogP contribution in [0.2, 0.25) is 0 Å². The van der Waals surface area contributed by atoms with E-state index < -0.39 is 0 Å². The van der Waals surface area contributed by atoms with E-state index in [2.05, 4.69) is 22.8 Å². The molecule has 5 nitrogen and oxygen atoms in total. The molecule has 0 saturated heterocycles. The molecular weight excluding hydrogens is 316 g/mol. The third kappa shape index (κ3) is 5.63. The largest absolute Gasteiger partial charge is 0.497 e. The molecule has 0 bridgehead atoms. The molecule has 0 aliphatic heterocycles. The highest BCUT2D eigenvalue weighted by atomic mass is 16.5. The van der Waals surface area contributed by atoms with Crippen LogP contribution in [0.15, 0.2) is 24.3 Å². The molecule has 1 aromatic rings. The topological polar surface area (TPSA) is 70.6 Å². The maximum Gasteiger partial charge on any atom is 0.314 e. The smallest absolute Gasteiger partial charge is 0.314 e.